The largest absolute Gasteiger partial charge is 0.490 e. The van der Waals surface area contributed by atoms with Gasteiger partial charge in [0.1, 0.15) is 6.61 Å². The van der Waals surface area contributed by atoms with Crippen molar-refractivity contribution in [3.05, 3.63) is 92.9 Å². The molecule has 0 saturated heterocycles. The van der Waals surface area contributed by atoms with Crippen LogP contribution in [0.2, 0.25) is 5.02 Å². The first-order chi connectivity index (χ1) is 16.2. The monoisotopic (exact) mass is 541 g/mol. The van der Waals surface area contributed by atoms with Crippen molar-refractivity contribution in [2.24, 2.45) is 0 Å². The highest BCUT2D eigenvalue weighted by atomic mass is 79.9. The minimum atomic E-state index is -0.211. The first kappa shape index (κ1) is 25.9. The van der Waals surface area contributed by atoms with Gasteiger partial charge in [0, 0.05) is 22.3 Å². The number of hydrogen-bond acceptors (Lipinski definition) is 3. The lowest BCUT2D eigenvalue weighted by atomic mass is 9.87. The topological polar surface area (TPSA) is 47.6 Å². The Morgan fingerprint density at radius 2 is 1.76 bits per heavy atom. The number of benzene rings is 3. The van der Waals surface area contributed by atoms with Crippen LogP contribution in [0, 0.1) is 0 Å². The second-order valence-corrected chi connectivity index (χ2v) is 10.1. The molecule has 178 valence electrons. The van der Waals surface area contributed by atoms with Crippen molar-refractivity contribution in [1.82, 2.24) is 0 Å². The van der Waals surface area contributed by atoms with Crippen LogP contribution in [-0.2, 0) is 16.8 Å². The maximum absolute atomic E-state index is 12.4. The van der Waals surface area contributed by atoms with Gasteiger partial charge >= 0.3 is 0 Å². The first-order valence-electron chi connectivity index (χ1n) is 11.1. The molecule has 3 rings (SSSR count). The van der Waals surface area contributed by atoms with Gasteiger partial charge in [-0.3, -0.25) is 4.79 Å². The molecule has 4 nitrogen and oxygen atoms in total. The Balaban J connectivity index is 1.71. The summed E-state index contributed by atoms with van der Waals surface area (Å²) in [4.78, 5) is 12.4. The highest BCUT2D eigenvalue weighted by Gasteiger charge is 2.14. The summed E-state index contributed by atoms with van der Waals surface area (Å²) in [5.74, 6) is 0.959. The van der Waals surface area contributed by atoms with Crippen molar-refractivity contribution >= 4 is 45.2 Å². The molecule has 0 aliphatic carbocycles. The molecule has 6 heteroatoms. The van der Waals surface area contributed by atoms with Gasteiger partial charge in [-0.05, 0) is 75.8 Å². The van der Waals surface area contributed by atoms with E-state index in [0.29, 0.717) is 29.7 Å². The zero-order valence-electron chi connectivity index (χ0n) is 19.8. The maximum atomic E-state index is 12.4. The van der Waals surface area contributed by atoms with E-state index in [-0.39, 0.29) is 11.3 Å². The number of amides is 1. The van der Waals surface area contributed by atoms with Crippen LogP contribution in [0.15, 0.2) is 71.2 Å². The molecule has 3 aromatic carbocycles. The molecule has 1 N–H and O–H groups in total. The quantitative estimate of drug-likeness (QED) is 0.293. The summed E-state index contributed by atoms with van der Waals surface area (Å²) >= 11 is 9.81. The molecule has 0 radical (unpaired) electrons. The molecule has 0 spiro atoms. The molecule has 0 aromatic heterocycles. The number of hydrogen-bond donors (Lipinski definition) is 1. The normalized spacial score (nSPS) is 11.5. The van der Waals surface area contributed by atoms with Gasteiger partial charge < -0.3 is 14.8 Å². The average Bonchev–Trinajstić information content (AvgIpc) is 2.78. The molecule has 0 aliphatic rings. The smallest absolute Gasteiger partial charge is 0.248 e. The molecular weight excluding hydrogens is 514 g/mol. The van der Waals surface area contributed by atoms with Crippen LogP contribution in [0.25, 0.3) is 6.08 Å². The summed E-state index contributed by atoms with van der Waals surface area (Å²) in [5.41, 5.74) is 3.72. The van der Waals surface area contributed by atoms with Crippen LogP contribution in [0.4, 0.5) is 5.69 Å². The van der Waals surface area contributed by atoms with Gasteiger partial charge in [-0.1, -0.05) is 62.7 Å². The van der Waals surface area contributed by atoms with Gasteiger partial charge in [0.2, 0.25) is 5.91 Å². The Hall–Kier alpha value is -2.76. The number of anilines is 1. The van der Waals surface area contributed by atoms with Crippen molar-refractivity contribution in [1.29, 1.82) is 0 Å². The minimum absolute atomic E-state index is 0.0668. The van der Waals surface area contributed by atoms with E-state index in [1.807, 2.05) is 67.6 Å². The van der Waals surface area contributed by atoms with Gasteiger partial charge in [0.05, 0.1) is 11.1 Å². The molecule has 0 bridgehead atoms. The molecule has 3 aromatic rings. The molecule has 0 saturated carbocycles. The number of carbonyl (C=O) groups is 1. The van der Waals surface area contributed by atoms with Crippen LogP contribution < -0.4 is 14.8 Å². The zero-order valence-corrected chi connectivity index (χ0v) is 22.2. The second kappa shape index (κ2) is 11.6. The Bertz CT molecular complexity index is 1170. The third kappa shape index (κ3) is 7.12. The zero-order chi connectivity index (χ0) is 24.7. The van der Waals surface area contributed by atoms with Crippen molar-refractivity contribution in [3.8, 4) is 11.5 Å². The summed E-state index contributed by atoms with van der Waals surface area (Å²) in [5, 5.41) is 3.54. The van der Waals surface area contributed by atoms with Crippen LogP contribution in [0.5, 0.6) is 11.5 Å². The van der Waals surface area contributed by atoms with Crippen LogP contribution in [-0.4, -0.2) is 12.5 Å². The highest BCUT2D eigenvalue weighted by molar-refractivity contribution is 9.10. The Morgan fingerprint density at radius 1 is 1.06 bits per heavy atom. The third-order valence-corrected chi connectivity index (χ3v) is 6.06. The van der Waals surface area contributed by atoms with E-state index in [1.54, 1.807) is 6.08 Å². The molecule has 0 heterocycles. The van der Waals surface area contributed by atoms with E-state index in [2.05, 4.69) is 42.0 Å². The standard InChI is InChI=1S/C28H29BrClNO3/c1-5-33-25-17-19(16-23(29)27(25)34-18-20-8-6-7-9-24(20)30)10-15-26(32)31-22-13-11-21(12-14-22)28(2,3)4/h6-17H,5,18H2,1-4H3,(H,31,32)/b15-10+. The number of halogens is 2. The van der Waals surface area contributed by atoms with Gasteiger partial charge in [-0.15, -0.1) is 0 Å². The SMILES string of the molecule is CCOc1cc(/C=C/C(=O)Nc2ccc(C(C)(C)C)cc2)cc(Br)c1OCc1ccccc1Cl. The van der Waals surface area contributed by atoms with E-state index in [0.717, 1.165) is 21.3 Å². The average molecular weight is 543 g/mol. The molecule has 0 aliphatic heterocycles. The second-order valence-electron chi connectivity index (χ2n) is 8.79. The predicted octanol–water partition coefficient (Wildman–Crippen LogP) is 8.03. The van der Waals surface area contributed by atoms with Crippen molar-refractivity contribution in [2.75, 3.05) is 11.9 Å². The summed E-state index contributed by atoms with van der Waals surface area (Å²) in [6.07, 6.45) is 3.24. The maximum Gasteiger partial charge on any atom is 0.248 e. The summed E-state index contributed by atoms with van der Waals surface area (Å²) in [6, 6.07) is 19.2. The van der Waals surface area contributed by atoms with Gasteiger partial charge in [-0.25, -0.2) is 0 Å². The Labute approximate surface area is 215 Å². The molecule has 0 atom stereocenters. The highest BCUT2D eigenvalue weighted by Crippen LogP contribution is 2.38. The predicted molar refractivity (Wildman–Crippen MR) is 144 cm³/mol. The van der Waals surface area contributed by atoms with Crippen LogP contribution in [0.1, 0.15) is 44.4 Å². The summed E-state index contributed by atoms with van der Waals surface area (Å²) in [7, 11) is 0. The van der Waals surface area contributed by atoms with Gasteiger partial charge in [0.15, 0.2) is 11.5 Å². The fourth-order valence-electron chi connectivity index (χ4n) is 3.26. The van der Waals surface area contributed by atoms with Crippen molar-refractivity contribution in [3.63, 3.8) is 0 Å². The lowest BCUT2D eigenvalue weighted by Gasteiger charge is -2.19. The van der Waals surface area contributed by atoms with Gasteiger partial charge in [0.25, 0.3) is 0 Å². The van der Waals surface area contributed by atoms with E-state index >= 15 is 0 Å². The fourth-order valence-corrected chi connectivity index (χ4v) is 4.03. The lowest BCUT2D eigenvalue weighted by molar-refractivity contribution is -0.111. The Morgan fingerprint density at radius 3 is 2.41 bits per heavy atom. The van der Waals surface area contributed by atoms with Crippen LogP contribution >= 0.6 is 27.5 Å². The van der Waals surface area contributed by atoms with E-state index in [4.69, 9.17) is 21.1 Å². The third-order valence-electron chi connectivity index (χ3n) is 5.11. The number of rotatable bonds is 8. The minimum Gasteiger partial charge on any atom is -0.490 e. The Kier molecular flexibility index (Phi) is 8.81. The fraction of sp³-hybridized carbons (Fsp3) is 0.250. The number of ether oxygens (including phenoxy) is 2. The van der Waals surface area contributed by atoms with Gasteiger partial charge in [-0.2, -0.15) is 0 Å². The van der Waals surface area contributed by atoms with E-state index in [1.165, 1.54) is 11.6 Å². The molecular formula is C28H29BrClNO3. The van der Waals surface area contributed by atoms with E-state index in [9.17, 15) is 4.79 Å². The lowest BCUT2D eigenvalue weighted by Crippen LogP contribution is -2.12. The van der Waals surface area contributed by atoms with E-state index < -0.39 is 0 Å². The molecule has 0 fully saturated rings. The molecule has 1 amide bonds. The molecule has 34 heavy (non-hydrogen) atoms. The summed E-state index contributed by atoms with van der Waals surface area (Å²) in [6.45, 7) is 9.17. The summed E-state index contributed by atoms with van der Waals surface area (Å²) < 4.78 is 12.5. The number of nitrogens with one attached hydrogen (secondary N) is 1. The van der Waals surface area contributed by atoms with Crippen LogP contribution in [0.3, 0.4) is 0 Å². The van der Waals surface area contributed by atoms with Crippen molar-refractivity contribution < 1.29 is 14.3 Å². The first-order valence-corrected chi connectivity index (χ1v) is 12.3. The van der Waals surface area contributed by atoms with Crippen molar-refractivity contribution in [2.45, 2.75) is 39.7 Å². The molecule has 0 unspecified atom stereocenters. The number of carbonyl (C=O) groups excluding carboxylic acids is 1.